The summed E-state index contributed by atoms with van der Waals surface area (Å²) in [5.41, 5.74) is 1.02. The van der Waals surface area contributed by atoms with Crippen molar-refractivity contribution in [3.05, 3.63) is 33.9 Å². The maximum atomic E-state index is 10.7. The Labute approximate surface area is 112 Å². The average Bonchev–Trinajstić information content (AvgIpc) is 2.33. The molecule has 18 heavy (non-hydrogen) atoms. The highest BCUT2D eigenvalue weighted by Crippen LogP contribution is 2.26. The molecular formula is C12H17ClN2O3. The van der Waals surface area contributed by atoms with E-state index in [0.717, 1.165) is 31.5 Å². The molecule has 1 aliphatic rings. The van der Waals surface area contributed by atoms with Crippen LogP contribution in [0.1, 0.15) is 18.4 Å². The van der Waals surface area contributed by atoms with Gasteiger partial charge in [0.2, 0.25) is 0 Å². The Bertz CT molecular complexity index is 420. The number of benzene rings is 1. The molecule has 0 unspecified atom stereocenters. The molecule has 0 bridgehead atoms. The molecule has 1 heterocycles. The summed E-state index contributed by atoms with van der Waals surface area (Å²) in [6, 6.07) is 4.75. The van der Waals surface area contributed by atoms with E-state index in [1.165, 1.54) is 12.1 Å². The van der Waals surface area contributed by atoms with E-state index >= 15 is 0 Å². The molecule has 5 nitrogen and oxygen atoms in total. The molecule has 0 atom stereocenters. The van der Waals surface area contributed by atoms with Crippen LogP contribution in [0.4, 0.5) is 5.69 Å². The van der Waals surface area contributed by atoms with Gasteiger partial charge in [-0.1, -0.05) is 0 Å². The van der Waals surface area contributed by atoms with Crippen molar-refractivity contribution in [1.82, 2.24) is 5.32 Å². The molecule has 0 radical (unpaired) electrons. The molecule has 0 aromatic heterocycles. The maximum Gasteiger partial charge on any atom is 0.273 e. The van der Waals surface area contributed by atoms with Gasteiger partial charge in [0.1, 0.15) is 11.9 Å². The summed E-state index contributed by atoms with van der Waals surface area (Å²) in [6.07, 6.45) is 2.06. The molecule has 2 rings (SSSR count). The number of hydrogen-bond acceptors (Lipinski definition) is 4. The number of halogens is 1. The van der Waals surface area contributed by atoms with Crippen LogP contribution in [0, 0.1) is 17.0 Å². The molecule has 1 saturated heterocycles. The first kappa shape index (κ1) is 14.7. The van der Waals surface area contributed by atoms with Crippen molar-refractivity contribution in [2.45, 2.75) is 25.9 Å². The van der Waals surface area contributed by atoms with Crippen molar-refractivity contribution >= 4 is 18.1 Å². The second kappa shape index (κ2) is 6.56. The molecule has 1 aliphatic heterocycles. The highest BCUT2D eigenvalue weighted by molar-refractivity contribution is 5.85. The van der Waals surface area contributed by atoms with E-state index in [2.05, 4.69) is 5.32 Å². The van der Waals surface area contributed by atoms with Gasteiger partial charge in [0.25, 0.3) is 5.69 Å². The summed E-state index contributed by atoms with van der Waals surface area (Å²) in [7, 11) is 0. The Morgan fingerprint density at radius 3 is 2.67 bits per heavy atom. The minimum Gasteiger partial charge on any atom is -0.490 e. The SMILES string of the molecule is Cc1ccc([N+](=O)[O-])cc1OC1CCNCC1.Cl. The molecule has 1 aromatic rings. The molecule has 0 amide bonds. The van der Waals surface area contributed by atoms with Crippen molar-refractivity contribution in [1.29, 1.82) is 0 Å². The van der Waals surface area contributed by atoms with Gasteiger partial charge < -0.3 is 10.1 Å². The average molecular weight is 273 g/mol. The van der Waals surface area contributed by atoms with Gasteiger partial charge in [-0.15, -0.1) is 12.4 Å². The topological polar surface area (TPSA) is 64.4 Å². The molecule has 1 N–H and O–H groups in total. The third kappa shape index (κ3) is 3.58. The van der Waals surface area contributed by atoms with Crippen molar-refractivity contribution in [2.75, 3.05) is 13.1 Å². The van der Waals surface area contributed by atoms with Gasteiger partial charge in [-0.2, -0.15) is 0 Å². The highest BCUT2D eigenvalue weighted by atomic mass is 35.5. The van der Waals surface area contributed by atoms with Gasteiger partial charge in [-0.3, -0.25) is 10.1 Å². The first-order valence-corrected chi connectivity index (χ1v) is 5.79. The van der Waals surface area contributed by atoms with E-state index in [9.17, 15) is 10.1 Å². The summed E-state index contributed by atoms with van der Waals surface area (Å²) < 4.78 is 5.83. The highest BCUT2D eigenvalue weighted by Gasteiger charge is 2.17. The molecule has 0 aliphatic carbocycles. The van der Waals surface area contributed by atoms with Crippen molar-refractivity contribution in [2.24, 2.45) is 0 Å². The summed E-state index contributed by atoms with van der Waals surface area (Å²) in [6.45, 7) is 3.79. The smallest absolute Gasteiger partial charge is 0.273 e. The number of nitrogens with zero attached hydrogens (tertiary/aromatic N) is 1. The van der Waals surface area contributed by atoms with Gasteiger partial charge in [0, 0.05) is 6.07 Å². The molecule has 0 spiro atoms. The normalized spacial score (nSPS) is 15.8. The van der Waals surface area contributed by atoms with Crippen LogP contribution in [-0.2, 0) is 0 Å². The zero-order valence-electron chi connectivity index (χ0n) is 10.2. The lowest BCUT2D eigenvalue weighted by atomic mass is 10.1. The number of hydrogen-bond donors (Lipinski definition) is 1. The lowest BCUT2D eigenvalue weighted by Gasteiger charge is -2.24. The maximum absolute atomic E-state index is 10.7. The minimum absolute atomic E-state index is 0. The second-order valence-corrected chi connectivity index (χ2v) is 4.27. The summed E-state index contributed by atoms with van der Waals surface area (Å²) in [5, 5.41) is 14.0. The first-order valence-electron chi connectivity index (χ1n) is 5.79. The van der Waals surface area contributed by atoms with Crippen LogP contribution in [0.25, 0.3) is 0 Å². The number of aryl methyl sites for hydroxylation is 1. The summed E-state index contributed by atoms with van der Waals surface area (Å²) >= 11 is 0. The van der Waals surface area contributed by atoms with E-state index in [0.29, 0.717) is 5.75 Å². The number of piperidine rings is 1. The van der Waals surface area contributed by atoms with Crippen molar-refractivity contribution in [3.63, 3.8) is 0 Å². The Morgan fingerprint density at radius 2 is 2.06 bits per heavy atom. The number of nitro groups is 1. The van der Waals surface area contributed by atoms with E-state index in [1.807, 2.05) is 6.92 Å². The number of rotatable bonds is 3. The van der Waals surface area contributed by atoms with E-state index in [-0.39, 0.29) is 24.2 Å². The third-order valence-corrected chi connectivity index (χ3v) is 2.96. The van der Waals surface area contributed by atoms with Gasteiger partial charge >= 0.3 is 0 Å². The van der Waals surface area contributed by atoms with Crippen molar-refractivity contribution in [3.8, 4) is 5.75 Å². The lowest BCUT2D eigenvalue weighted by Crippen LogP contribution is -2.34. The quantitative estimate of drug-likeness (QED) is 0.678. The number of nitrogens with one attached hydrogen (secondary N) is 1. The van der Waals surface area contributed by atoms with Gasteiger partial charge in [0.05, 0.1) is 11.0 Å². The molecule has 6 heteroatoms. The zero-order valence-corrected chi connectivity index (χ0v) is 11.0. The monoisotopic (exact) mass is 272 g/mol. The Kier molecular flexibility index (Phi) is 5.37. The van der Waals surface area contributed by atoms with E-state index in [1.54, 1.807) is 6.07 Å². The number of ether oxygens (including phenoxy) is 1. The van der Waals surface area contributed by atoms with Gasteiger partial charge in [0.15, 0.2) is 0 Å². The fourth-order valence-corrected chi connectivity index (χ4v) is 1.92. The van der Waals surface area contributed by atoms with Crippen LogP contribution >= 0.6 is 12.4 Å². The van der Waals surface area contributed by atoms with E-state index < -0.39 is 4.92 Å². The fourth-order valence-electron chi connectivity index (χ4n) is 1.92. The number of nitro benzene ring substituents is 1. The largest absolute Gasteiger partial charge is 0.490 e. The standard InChI is InChI=1S/C12H16N2O3.ClH/c1-9-2-3-10(14(15)16)8-12(9)17-11-4-6-13-7-5-11;/h2-3,8,11,13H,4-7H2,1H3;1H. The first-order chi connectivity index (χ1) is 8.16. The lowest BCUT2D eigenvalue weighted by molar-refractivity contribution is -0.385. The third-order valence-electron chi connectivity index (χ3n) is 2.96. The molecule has 1 fully saturated rings. The molecular weight excluding hydrogens is 256 g/mol. The Balaban J connectivity index is 0.00000162. The predicted molar refractivity (Wildman–Crippen MR) is 71.6 cm³/mol. The van der Waals surface area contributed by atoms with Gasteiger partial charge in [-0.25, -0.2) is 0 Å². The summed E-state index contributed by atoms with van der Waals surface area (Å²) in [5.74, 6) is 0.631. The Hall–Kier alpha value is -1.33. The summed E-state index contributed by atoms with van der Waals surface area (Å²) in [4.78, 5) is 10.3. The molecule has 0 saturated carbocycles. The van der Waals surface area contributed by atoms with Crippen LogP contribution in [0.15, 0.2) is 18.2 Å². The Morgan fingerprint density at radius 1 is 1.39 bits per heavy atom. The van der Waals surface area contributed by atoms with Crippen molar-refractivity contribution < 1.29 is 9.66 Å². The number of non-ortho nitro benzene ring substituents is 1. The van der Waals surface area contributed by atoms with Crippen LogP contribution in [0.2, 0.25) is 0 Å². The zero-order chi connectivity index (χ0) is 12.3. The predicted octanol–water partition coefficient (Wildman–Crippen LogP) is 2.46. The van der Waals surface area contributed by atoms with Crippen LogP contribution in [-0.4, -0.2) is 24.1 Å². The van der Waals surface area contributed by atoms with Crippen LogP contribution in [0.3, 0.4) is 0 Å². The van der Waals surface area contributed by atoms with E-state index in [4.69, 9.17) is 4.74 Å². The molecule has 1 aromatic carbocycles. The van der Waals surface area contributed by atoms with Gasteiger partial charge in [-0.05, 0) is 44.5 Å². The van der Waals surface area contributed by atoms with Crippen LogP contribution < -0.4 is 10.1 Å². The molecule has 100 valence electrons. The minimum atomic E-state index is -0.394. The van der Waals surface area contributed by atoms with Crippen LogP contribution in [0.5, 0.6) is 5.75 Å². The second-order valence-electron chi connectivity index (χ2n) is 4.27. The fraction of sp³-hybridized carbons (Fsp3) is 0.500.